The van der Waals surface area contributed by atoms with Crippen molar-refractivity contribution in [2.45, 2.75) is 25.8 Å². The largest absolute Gasteiger partial charge is 0.496 e. The molecule has 29 heavy (non-hydrogen) atoms. The SMILES string of the molecule is CCc1ccc([C@@H]([NH2+]CC(=O)NCCc2ccccc2OC)c2cccs2)cc1. The van der Waals surface area contributed by atoms with Crippen LogP contribution in [-0.4, -0.2) is 26.1 Å². The van der Waals surface area contributed by atoms with Gasteiger partial charge in [0.25, 0.3) is 5.91 Å². The van der Waals surface area contributed by atoms with Gasteiger partial charge in [0.15, 0.2) is 6.54 Å². The summed E-state index contributed by atoms with van der Waals surface area (Å²) in [4.78, 5) is 13.7. The van der Waals surface area contributed by atoms with Crippen LogP contribution in [0.1, 0.15) is 34.5 Å². The van der Waals surface area contributed by atoms with Gasteiger partial charge in [-0.05, 0) is 41.5 Å². The van der Waals surface area contributed by atoms with Gasteiger partial charge >= 0.3 is 0 Å². The molecule has 1 amide bonds. The van der Waals surface area contributed by atoms with Gasteiger partial charge < -0.3 is 15.4 Å². The van der Waals surface area contributed by atoms with Gasteiger partial charge in [0.1, 0.15) is 11.8 Å². The first-order chi connectivity index (χ1) is 14.2. The van der Waals surface area contributed by atoms with E-state index in [4.69, 9.17) is 4.74 Å². The maximum absolute atomic E-state index is 12.4. The van der Waals surface area contributed by atoms with Crippen LogP contribution < -0.4 is 15.4 Å². The molecule has 0 fully saturated rings. The summed E-state index contributed by atoms with van der Waals surface area (Å²) in [5.41, 5.74) is 3.66. The van der Waals surface area contributed by atoms with E-state index in [-0.39, 0.29) is 11.9 Å². The topological polar surface area (TPSA) is 54.9 Å². The first-order valence-electron chi connectivity index (χ1n) is 10.1. The number of amides is 1. The Morgan fingerprint density at radius 2 is 1.90 bits per heavy atom. The lowest BCUT2D eigenvalue weighted by molar-refractivity contribution is -0.676. The van der Waals surface area contributed by atoms with E-state index in [1.165, 1.54) is 16.0 Å². The van der Waals surface area contributed by atoms with Crippen LogP contribution in [0.25, 0.3) is 0 Å². The minimum atomic E-state index is 0.0478. The average Bonchev–Trinajstić information content (AvgIpc) is 3.29. The highest BCUT2D eigenvalue weighted by Gasteiger charge is 2.20. The minimum absolute atomic E-state index is 0.0478. The first kappa shape index (κ1) is 21.1. The van der Waals surface area contributed by atoms with Gasteiger partial charge in [-0.25, -0.2) is 0 Å². The Morgan fingerprint density at radius 1 is 1.10 bits per heavy atom. The molecule has 0 unspecified atom stereocenters. The Hall–Kier alpha value is -2.63. The summed E-state index contributed by atoms with van der Waals surface area (Å²) in [5.74, 6) is 0.910. The lowest BCUT2D eigenvalue weighted by Gasteiger charge is -2.15. The van der Waals surface area contributed by atoms with Crippen molar-refractivity contribution in [3.8, 4) is 5.75 Å². The summed E-state index contributed by atoms with van der Waals surface area (Å²) in [6, 6.07) is 21.0. The summed E-state index contributed by atoms with van der Waals surface area (Å²) in [6.45, 7) is 3.15. The van der Waals surface area contributed by atoms with E-state index in [0.717, 1.165) is 24.2 Å². The Kier molecular flexibility index (Phi) is 7.85. The number of ether oxygens (including phenoxy) is 1. The highest BCUT2D eigenvalue weighted by Crippen LogP contribution is 2.23. The van der Waals surface area contributed by atoms with Crippen LogP contribution >= 0.6 is 11.3 Å². The van der Waals surface area contributed by atoms with Crippen molar-refractivity contribution in [3.63, 3.8) is 0 Å². The van der Waals surface area contributed by atoms with Crippen LogP contribution in [0.4, 0.5) is 0 Å². The number of rotatable bonds is 10. The van der Waals surface area contributed by atoms with Gasteiger partial charge in [-0.15, -0.1) is 11.3 Å². The normalized spacial score (nSPS) is 11.8. The Morgan fingerprint density at radius 3 is 2.59 bits per heavy atom. The third kappa shape index (κ3) is 5.92. The molecular weight excluding hydrogens is 380 g/mol. The molecule has 152 valence electrons. The number of methoxy groups -OCH3 is 1. The van der Waals surface area contributed by atoms with Crippen LogP contribution in [0.3, 0.4) is 0 Å². The Bertz CT molecular complexity index is 892. The molecule has 2 aromatic carbocycles. The number of benzene rings is 2. The molecule has 0 radical (unpaired) electrons. The molecule has 1 aromatic heterocycles. The van der Waals surface area contributed by atoms with Crippen LogP contribution in [0, 0.1) is 0 Å². The monoisotopic (exact) mass is 409 g/mol. The molecule has 3 N–H and O–H groups in total. The van der Waals surface area contributed by atoms with Crippen molar-refractivity contribution < 1.29 is 14.8 Å². The zero-order chi connectivity index (χ0) is 20.5. The molecule has 0 aliphatic rings. The number of quaternary nitrogens is 1. The fourth-order valence-corrected chi connectivity index (χ4v) is 4.24. The number of aryl methyl sites for hydroxylation is 1. The van der Waals surface area contributed by atoms with E-state index in [2.05, 4.69) is 59.3 Å². The summed E-state index contributed by atoms with van der Waals surface area (Å²) in [5, 5.41) is 7.23. The second-order valence-corrected chi connectivity index (χ2v) is 7.92. The van der Waals surface area contributed by atoms with Gasteiger partial charge in [0.05, 0.1) is 12.0 Å². The van der Waals surface area contributed by atoms with Crippen LogP contribution in [0.15, 0.2) is 66.0 Å². The number of carbonyl (C=O) groups excluding carboxylic acids is 1. The quantitative estimate of drug-likeness (QED) is 0.540. The molecule has 5 heteroatoms. The second-order valence-electron chi connectivity index (χ2n) is 6.94. The number of hydrogen-bond acceptors (Lipinski definition) is 3. The van der Waals surface area contributed by atoms with Gasteiger partial charge in [-0.3, -0.25) is 4.79 Å². The van der Waals surface area contributed by atoms with Crippen molar-refractivity contribution in [2.75, 3.05) is 20.2 Å². The van der Waals surface area contributed by atoms with Crippen molar-refractivity contribution in [2.24, 2.45) is 0 Å². The summed E-state index contributed by atoms with van der Waals surface area (Å²) in [7, 11) is 1.67. The maximum Gasteiger partial charge on any atom is 0.275 e. The number of hydrogen-bond donors (Lipinski definition) is 2. The van der Waals surface area contributed by atoms with Gasteiger partial charge in [0, 0.05) is 12.1 Å². The van der Waals surface area contributed by atoms with E-state index in [9.17, 15) is 4.79 Å². The molecule has 0 saturated heterocycles. The first-order valence-corrected chi connectivity index (χ1v) is 10.9. The van der Waals surface area contributed by atoms with Crippen molar-refractivity contribution in [3.05, 3.63) is 87.6 Å². The van der Waals surface area contributed by atoms with Crippen LogP contribution in [0.2, 0.25) is 0 Å². The summed E-state index contributed by atoms with van der Waals surface area (Å²) in [6.07, 6.45) is 1.78. The molecule has 3 aromatic rings. The minimum Gasteiger partial charge on any atom is -0.496 e. The number of nitrogens with one attached hydrogen (secondary N) is 1. The Balaban J connectivity index is 1.55. The average molecular weight is 410 g/mol. The van der Waals surface area contributed by atoms with Crippen LogP contribution in [0.5, 0.6) is 5.75 Å². The molecule has 1 heterocycles. The predicted octanol–water partition coefficient (Wildman–Crippen LogP) is 3.33. The number of thiophene rings is 1. The fourth-order valence-electron chi connectivity index (χ4n) is 3.39. The number of carbonyl (C=O) groups is 1. The molecule has 1 atom stereocenters. The second kappa shape index (κ2) is 10.8. The zero-order valence-electron chi connectivity index (χ0n) is 17.1. The molecular formula is C24H29N2O2S+. The van der Waals surface area contributed by atoms with E-state index in [1.807, 2.05) is 24.3 Å². The third-order valence-electron chi connectivity index (χ3n) is 5.04. The molecule has 4 nitrogen and oxygen atoms in total. The lowest BCUT2D eigenvalue weighted by atomic mass is 10.0. The van der Waals surface area contributed by atoms with Gasteiger partial charge in [-0.2, -0.15) is 0 Å². The molecule has 0 spiro atoms. The van der Waals surface area contributed by atoms with Crippen LogP contribution in [-0.2, 0) is 17.6 Å². The van der Waals surface area contributed by atoms with E-state index >= 15 is 0 Å². The number of para-hydroxylation sites is 1. The lowest BCUT2D eigenvalue weighted by Crippen LogP contribution is -2.87. The zero-order valence-corrected chi connectivity index (χ0v) is 17.9. The smallest absolute Gasteiger partial charge is 0.275 e. The fraction of sp³-hybridized carbons (Fsp3) is 0.292. The predicted molar refractivity (Wildman–Crippen MR) is 118 cm³/mol. The Labute approximate surface area is 176 Å². The maximum atomic E-state index is 12.4. The van der Waals surface area contributed by atoms with Crippen molar-refractivity contribution in [1.82, 2.24) is 5.32 Å². The molecule has 3 rings (SSSR count). The summed E-state index contributed by atoms with van der Waals surface area (Å²) >= 11 is 1.73. The molecule has 0 saturated carbocycles. The third-order valence-corrected chi connectivity index (χ3v) is 6.00. The highest BCUT2D eigenvalue weighted by atomic mass is 32.1. The van der Waals surface area contributed by atoms with E-state index in [1.54, 1.807) is 18.4 Å². The van der Waals surface area contributed by atoms with Gasteiger partial charge in [0.2, 0.25) is 0 Å². The van der Waals surface area contributed by atoms with Crippen molar-refractivity contribution >= 4 is 17.2 Å². The number of nitrogens with two attached hydrogens (primary N) is 1. The molecule has 0 bridgehead atoms. The summed E-state index contributed by atoms with van der Waals surface area (Å²) < 4.78 is 5.37. The highest BCUT2D eigenvalue weighted by molar-refractivity contribution is 7.10. The van der Waals surface area contributed by atoms with Gasteiger partial charge in [-0.1, -0.05) is 55.5 Å². The van der Waals surface area contributed by atoms with E-state index in [0.29, 0.717) is 13.1 Å². The van der Waals surface area contributed by atoms with Crippen molar-refractivity contribution in [1.29, 1.82) is 0 Å². The molecule has 0 aliphatic carbocycles. The standard InChI is InChI=1S/C24H28N2O2S/c1-3-18-10-12-20(13-11-18)24(22-9-6-16-29-22)26-17-23(27)25-15-14-19-7-4-5-8-21(19)28-2/h4-13,16,24,26H,3,14-15,17H2,1-2H3,(H,25,27)/p+1/t24-/m1/s1. The van der Waals surface area contributed by atoms with E-state index < -0.39 is 0 Å². The molecule has 0 aliphatic heterocycles.